The molecule has 1 fully saturated rings. The first-order chi connectivity index (χ1) is 13.5. The SMILES string of the molecule is CC(C)(C)c1cc(O)c2c(c1)OC(C)(C)[C@@H]1CC=C(C(=O)N[C@H]3C[C@@H](O)C3)C[C@@H]21. The molecule has 0 bridgehead atoms. The van der Waals surface area contributed by atoms with E-state index in [0.29, 0.717) is 19.3 Å². The number of phenols is 1. The molecule has 2 atom stereocenters. The Labute approximate surface area is 173 Å². The van der Waals surface area contributed by atoms with E-state index in [9.17, 15) is 15.0 Å². The van der Waals surface area contributed by atoms with Crippen molar-refractivity contribution in [2.45, 2.75) is 89.4 Å². The van der Waals surface area contributed by atoms with Gasteiger partial charge in [0.15, 0.2) is 0 Å². The summed E-state index contributed by atoms with van der Waals surface area (Å²) < 4.78 is 6.39. The average molecular weight is 400 g/mol. The highest BCUT2D eigenvalue weighted by atomic mass is 16.5. The van der Waals surface area contributed by atoms with Gasteiger partial charge in [-0.05, 0) is 62.6 Å². The average Bonchev–Trinajstić information content (AvgIpc) is 2.58. The molecule has 4 rings (SSSR count). The van der Waals surface area contributed by atoms with E-state index >= 15 is 0 Å². The Bertz CT molecular complexity index is 858. The maximum absolute atomic E-state index is 12.8. The number of rotatable bonds is 2. The number of aliphatic hydroxyl groups is 1. The molecule has 1 amide bonds. The van der Waals surface area contributed by atoms with Crippen molar-refractivity contribution in [2.24, 2.45) is 5.92 Å². The van der Waals surface area contributed by atoms with Gasteiger partial charge in [0, 0.05) is 29.0 Å². The molecule has 1 aromatic rings. The summed E-state index contributed by atoms with van der Waals surface area (Å²) in [5.41, 5.74) is 2.17. The molecule has 2 aliphatic carbocycles. The van der Waals surface area contributed by atoms with Crippen LogP contribution in [0.5, 0.6) is 11.5 Å². The van der Waals surface area contributed by atoms with Crippen molar-refractivity contribution in [3.63, 3.8) is 0 Å². The van der Waals surface area contributed by atoms with Gasteiger partial charge < -0.3 is 20.3 Å². The maximum Gasteiger partial charge on any atom is 0.247 e. The summed E-state index contributed by atoms with van der Waals surface area (Å²) in [5.74, 6) is 1.20. The van der Waals surface area contributed by atoms with Gasteiger partial charge in [-0.15, -0.1) is 0 Å². The summed E-state index contributed by atoms with van der Waals surface area (Å²) in [6.07, 6.45) is 4.34. The van der Waals surface area contributed by atoms with Gasteiger partial charge in [0.25, 0.3) is 0 Å². The molecule has 0 saturated heterocycles. The fraction of sp³-hybridized carbons (Fsp3) is 0.625. The number of phenolic OH excluding ortho intramolecular Hbond substituents is 1. The number of carbonyl (C=O) groups excluding carboxylic acids is 1. The van der Waals surface area contributed by atoms with E-state index in [1.54, 1.807) is 0 Å². The molecule has 1 saturated carbocycles. The van der Waals surface area contributed by atoms with Crippen LogP contribution in [0.3, 0.4) is 0 Å². The largest absolute Gasteiger partial charge is 0.508 e. The van der Waals surface area contributed by atoms with Crippen LogP contribution < -0.4 is 10.1 Å². The van der Waals surface area contributed by atoms with E-state index in [1.165, 1.54) is 0 Å². The Hall–Kier alpha value is -2.01. The fourth-order valence-corrected chi connectivity index (χ4v) is 5.00. The van der Waals surface area contributed by atoms with Crippen LogP contribution in [0, 0.1) is 5.92 Å². The van der Waals surface area contributed by atoms with E-state index in [4.69, 9.17) is 4.74 Å². The number of ether oxygens (including phenoxy) is 1. The van der Waals surface area contributed by atoms with Crippen LogP contribution in [0.15, 0.2) is 23.8 Å². The Morgan fingerprint density at radius 1 is 1.24 bits per heavy atom. The first kappa shape index (κ1) is 20.3. The molecule has 1 aliphatic heterocycles. The number of carbonyl (C=O) groups is 1. The Morgan fingerprint density at radius 2 is 1.93 bits per heavy atom. The fourth-order valence-electron chi connectivity index (χ4n) is 5.00. The Kier molecular flexibility index (Phi) is 4.73. The molecule has 0 aromatic heterocycles. The smallest absolute Gasteiger partial charge is 0.247 e. The molecule has 0 unspecified atom stereocenters. The third kappa shape index (κ3) is 3.65. The van der Waals surface area contributed by atoms with Crippen molar-refractivity contribution < 1.29 is 19.7 Å². The third-order valence-corrected chi connectivity index (χ3v) is 6.91. The molecule has 0 spiro atoms. The van der Waals surface area contributed by atoms with Gasteiger partial charge in [-0.2, -0.15) is 0 Å². The van der Waals surface area contributed by atoms with Gasteiger partial charge >= 0.3 is 0 Å². The minimum atomic E-state index is -0.378. The standard InChI is InChI=1S/C24H33NO4/c1-23(2,3)14-9-19(27)21-17-8-13(22(28)25-15-11-16(26)12-15)6-7-18(17)24(4,5)29-20(21)10-14/h6,9-10,15-18,26-27H,7-8,11-12H2,1-5H3,(H,25,28)/t15-,16+,17-,18-/m1/s1. The van der Waals surface area contributed by atoms with Gasteiger partial charge in [-0.3, -0.25) is 4.79 Å². The van der Waals surface area contributed by atoms with Crippen LogP contribution in [0.4, 0.5) is 0 Å². The van der Waals surface area contributed by atoms with Gasteiger partial charge in [0.2, 0.25) is 5.91 Å². The van der Waals surface area contributed by atoms with Gasteiger partial charge in [0.1, 0.15) is 17.1 Å². The lowest BCUT2D eigenvalue weighted by Crippen LogP contribution is -2.49. The first-order valence-corrected chi connectivity index (χ1v) is 10.7. The normalized spacial score (nSPS) is 30.2. The number of nitrogens with one attached hydrogen (secondary N) is 1. The highest BCUT2D eigenvalue weighted by Crippen LogP contribution is 2.54. The number of fused-ring (bicyclic) bond motifs is 3. The predicted octanol–water partition coefficient (Wildman–Crippen LogP) is 3.92. The summed E-state index contributed by atoms with van der Waals surface area (Å²) >= 11 is 0. The van der Waals surface area contributed by atoms with Crippen molar-refractivity contribution in [3.05, 3.63) is 34.9 Å². The first-order valence-electron chi connectivity index (χ1n) is 10.7. The van der Waals surface area contributed by atoms with Crippen molar-refractivity contribution >= 4 is 5.91 Å². The quantitative estimate of drug-likeness (QED) is 0.704. The number of amides is 1. The lowest BCUT2D eigenvalue weighted by molar-refractivity contribution is -0.120. The second-order valence-corrected chi connectivity index (χ2v) is 10.5. The van der Waals surface area contributed by atoms with Gasteiger partial charge in [-0.25, -0.2) is 0 Å². The Balaban J connectivity index is 1.65. The molecule has 29 heavy (non-hydrogen) atoms. The van der Waals surface area contributed by atoms with Crippen molar-refractivity contribution in [1.29, 1.82) is 0 Å². The van der Waals surface area contributed by atoms with Crippen LogP contribution in [-0.2, 0) is 10.2 Å². The lowest BCUT2D eigenvalue weighted by Gasteiger charge is -2.47. The van der Waals surface area contributed by atoms with Crippen LogP contribution in [0.2, 0.25) is 0 Å². The second-order valence-electron chi connectivity index (χ2n) is 10.5. The molecule has 0 radical (unpaired) electrons. The van der Waals surface area contributed by atoms with E-state index < -0.39 is 0 Å². The molecule has 5 nitrogen and oxygen atoms in total. The molecule has 1 heterocycles. The maximum atomic E-state index is 12.8. The van der Waals surface area contributed by atoms with E-state index in [1.807, 2.05) is 12.1 Å². The number of hydrogen-bond donors (Lipinski definition) is 3. The van der Waals surface area contributed by atoms with Crippen LogP contribution in [0.1, 0.15) is 77.3 Å². The zero-order valence-corrected chi connectivity index (χ0v) is 18.1. The van der Waals surface area contributed by atoms with E-state index in [0.717, 1.165) is 28.9 Å². The van der Waals surface area contributed by atoms with Crippen molar-refractivity contribution in [2.75, 3.05) is 0 Å². The van der Waals surface area contributed by atoms with Crippen molar-refractivity contribution in [1.82, 2.24) is 5.32 Å². The monoisotopic (exact) mass is 399 g/mol. The van der Waals surface area contributed by atoms with Crippen LogP contribution >= 0.6 is 0 Å². The third-order valence-electron chi connectivity index (χ3n) is 6.91. The summed E-state index contributed by atoms with van der Waals surface area (Å²) in [4.78, 5) is 12.8. The van der Waals surface area contributed by atoms with Crippen molar-refractivity contribution in [3.8, 4) is 11.5 Å². The highest BCUT2D eigenvalue weighted by molar-refractivity contribution is 5.94. The van der Waals surface area contributed by atoms with E-state index in [-0.39, 0.29) is 46.7 Å². The predicted molar refractivity (Wildman–Crippen MR) is 112 cm³/mol. The minimum absolute atomic E-state index is 0.0421. The molecule has 1 aromatic carbocycles. The number of aromatic hydroxyl groups is 1. The van der Waals surface area contributed by atoms with E-state index in [2.05, 4.69) is 46.0 Å². The summed E-state index contributed by atoms with van der Waals surface area (Å²) in [7, 11) is 0. The summed E-state index contributed by atoms with van der Waals surface area (Å²) in [6, 6.07) is 3.98. The zero-order chi connectivity index (χ0) is 21.1. The number of aliphatic hydroxyl groups excluding tert-OH is 1. The second kappa shape index (κ2) is 6.76. The molecule has 5 heteroatoms. The molecule has 3 aliphatic rings. The van der Waals surface area contributed by atoms with Gasteiger partial charge in [-0.1, -0.05) is 26.8 Å². The summed E-state index contributed by atoms with van der Waals surface area (Å²) in [6.45, 7) is 10.6. The molecular formula is C24H33NO4. The number of benzene rings is 1. The van der Waals surface area contributed by atoms with Crippen LogP contribution in [-0.4, -0.2) is 33.9 Å². The molecular weight excluding hydrogens is 366 g/mol. The lowest BCUT2D eigenvalue weighted by atomic mass is 9.66. The van der Waals surface area contributed by atoms with Gasteiger partial charge in [0.05, 0.1) is 6.10 Å². The highest BCUT2D eigenvalue weighted by Gasteiger charge is 2.47. The number of allylic oxidation sites excluding steroid dienone is 1. The minimum Gasteiger partial charge on any atom is -0.508 e. The molecule has 158 valence electrons. The number of hydrogen-bond acceptors (Lipinski definition) is 4. The topological polar surface area (TPSA) is 78.8 Å². The Morgan fingerprint density at radius 3 is 2.55 bits per heavy atom. The molecule has 3 N–H and O–H groups in total. The van der Waals surface area contributed by atoms with Crippen LogP contribution in [0.25, 0.3) is 0 Å². The summed E-state index contributed by atoms with van der Waals surface area (Å²) in [5, 5.41) is 23.4. The zero-order valence-electron chi connectivity index (χ0n) is 18.1.